The molecule has 0 aliphatic rings. The molecule has 2 aromatic carbocycles. The zero-order valence-electron chi connectivity index (χ0n) is 15.5. The Morgan fingerprint density at radius 1 is 1.15 bits per heavy atom. The van der Waals surface area contributed by atoms with Crippen LogP contribution in [0.4, 0.5) is 15.8 Å². The molecule has 8 heteroatoms. The van der Waals surface area contributed by atoms with Crippen molar-refractivity contribution >= 4 is 27.3 Å². The monoisotopic (exact) mass is 394 g/mol. The number of hydrogen-bond donors (Lipinski definition) is 1. The smallest absolute Gasteiger partial charge is 0.232 e. The van der Waals surface area contributed by atoms with Crippen molar-refractivity contribution in [2.75, 3.05) is 22.4 Å². The van der Waals surface area contributed by atoms with Crippen LogP contribution >= 0.6 is 0 Å². The van der Waals surface area contributed by atoms with Gasteiger partial charge in [-0.05, 0) is 38.1 Å². The highest BCUT2D eigenvalue weighted by Crippen LogP contribution is 2.30. The average molecular weight is 394 g/mol. The van der Waals surface area contributed by atoms with Crippen LogP contribution in [0.15, 0.2) is 48.5 Å². The van der Waals surface area contributed by atoms with Crippen molar-refractivity contribution in [2.24, 2.45) is 0 Å². The normalized spacial score (nSPS) is 11.3. The lowest BCUT2D eigenvalue weighted by Gasteiger charge is -2.25. The first kappa shape index (κ1) is 20.7. The summed E-state index contributed by atoms with van der Waals surface area (Å²) in [6.45, 7) is 3.57. The van der Waals surface area contributed by atoms with E-state index in [0.717, 1.165) is 10.6 Å². The minimum absolute atomic E-state index is 0.0527. The Bertz CT molecular complexity index is 900. The number of carbonyl (C=O) groups excluding carboxylic acids is 1. The second-order valence-corrected chi connectivity index (χ2v) is 8.15. The molecule has 0 saturated carbocycles. The van der Waals surface area contributed by atoms with Crippen LogP contribution in [0.3, 0.4) is 0 Å². The van der Waals surface area contributed by atoms with Gasteiger partial charge in [-0.25, -0.2) is 12.8 Å². The quantitative estimate of drug-likeness (QED) is 0.745. The van der Waals surface area contributed by atoms with Gasteiger partial charge in [-0.3, -0.25) is 9.10 Å². The van der Waals surface area contributed by atoms with Crippen LogP contribution in [0.25, 0.3) is 0 Å². The molecule has 1 amide bonds. The van der Waals surface area contributed by atoms with E-state index in [1.807, 2.05) is 13.8 Å². The topological polar surface area (TPSA) is 75.7 Å². The summed E-state index contributed by atoms with van der Waals surface area (Å²) in [6, 6.07) is 12.5. The Morgan fingerprint density at radius 3 is 2.41 bits per heavy atom. The molecular formula is C19H23FN2O4S. The Balaban J connectivity index is 2.17. The maximum Gasteiger partial charge on any atom is 0.232 e. The van der Waals surface area contributed by atoms with E-state index in [2.05, 4.69) is 5.32 Å². The first-order valence-electron chi connectivity index (χ1n) is 8.46. The fourth-order valence-corrected chi connectivity index (χ4v) is 3.39. The van der Waals surface area contributed by atoms with Gasteiger partial charge >= 0.3 is 0 Å². The number of nitrogens with zero attached hydrogens (tertiary/aromatic N) is 1. The molecule has 0 unspecified atom stereocenters. The van der Waals surface area contributed by atoms with E-state index in [1.165, 1.54) is 18.2 Å². The highest BCUT2D eigenvalue weighted by atomic mass is 32.2. The van der Waals surface area contributed by atoms with Gasteiger partial charge in [0.25, 0.3) is 0 Å². The summed E-state index contributed by atoms with van der Waals surface area (Å²) in [5.74, 6) is -0.634. The number of para-hydroxylation sites is 3. The molecule has 146 valence electrons. The van der Waals surface area contributed by atoms with Gasteiger partial charge in [-0.2, -0.15) is 0 Å². The predicted octanol–water partition coefficient (Wildman–Crippen LogP) is 3.41. The van der Waals surface area contributed by atoms with Crippen molar-refractivity contribution in [2.45, 2.75) is 26.4 Å². The number of halogens is 1. The van der Waals surface area contributed by atoms with Crippen molar-refractivity contribution < 1.29 is 22.3 Å². The number of nitrogens with one attached hydrogen (secondary N) is 1. The second-order valence-electron chi connectivity index (χ2n) is 6.25. The van der Waals surface area contributed by atoms with Crippen LogP contribution in [0.2, 0.25) is 0 Å². The number of benzene rings is 2. The lowest BCUT2D eigenvalue weighted by molar-refractivity contribution is -0.116. The molecular weight excluding hydrogens is 371 g/mol. The summed E-state index contributed by atoms with van der Waals surface area (Å²) in [6.07, 6.45) is 0.780. The minimum atomic E-state index is -3.65. The largest absolute Gasteiger partial charge is 0.489 e. The molecule has 2 aromatic rings. The maximum atomic E-state index is 13.6. The number of ether oxygens (including phenoxy) is 1. The van der Waals surface area contributed by atoms with Crippen molar-refractivity contribution in [3.05, 3.63) is 54.3 Å². The Hall–Kier alpha value is -2.61. The van der Waals surface area contributed by atoms with E-state index >= 15 is 0 Å². The summed E-state index contributed by atoms with van der Waals surface area (Å²) in [5.41, 5.74) is 0.407. The lowest BCUT2D eigenvalue weighted by Crippen LogP contribution is -2.33. The van der Waals surface area contributed by atoms with Crippen LogP contribution in [0, 0.1) is 5.82 Å². The Kier molecular flexibility index (Phi) is 6.79. The fourth-order valence-electron chi connectivity index (χ4n) is 2.46. The third kappa shape index (κ3) is 5.96. The number of carbonyl (C=O) groups is 1. The maximum absolute atomic E-state index is 13.6. The molecule has 0 radical (unpaired) electrons. The van der Waals surface area contributed by atoms with E-state index in [0.29, 0.717) is 11.4 Å². The van der Waals surface area contributed by atoms with Crippen LogP contribution in [-0.4, -0.2) is 33.2 Å². The number of anilines is 2. The molecule has 27 heavy (non-hydrogen) atoms. The summed E-state index contributed by atoms with van der Waals surface area (Å²) < 4.78 is 45.0. The molecule has 0 aliphatic carbocycles. The Morgan fingerprint density at radius 2 is 1.78 bits per heavy atom. The highest BCUT2D eigenvalue weighted by molar-refractivity contribution is 7.92. The fraction of sp³-hybridized carbons (Fsp3) is 0.316. The van der Waals surface area contributed by atoms with Gasteiger partial charge in [0.1, 0.15) is 11.6 Å². The predicted molar refractivity (Wildman–Crippen MR) is 104 cm³/mol. The molecule has 0 heterocycles. The van der Waals surface area contributed by atoms with Crippen molar-refractivity contribution in [1.29, 1.82) is 0 Å². The van der Waals surface area contributed by atoms with Gasteiger partial charge in [0.15, 0.2) is 0 Å². The van der Waals surface area contributed by atoms with Gasteiger partial charge in [0.2, 0.25) is 15.9 Å². The molecule has 0 aliphatic heterocycles. The summed E-state index contributed by atoms with van der Waals surface area (Å²) in [5, 5.41) is 2.45. The third-order valence-corrected chi connectivity index (χ3v) is 4.77. The summed E-state index contributed by atoms with van der Waals surface area (Å²) >= 11 is 0. The van der Waals surface area contributed by atoms with Gasteiger partial charge in [0, 0.05) is 13.0 Å². The first-order chi connectivity index (χ1) is 12.7. The van der Waals surface area contributed by atoms with Crippen molar-refractivity contribution in [1.82, 2.24) is 0 Å². The lowest BCUT2D eigenvalue weighted by atomic mass is 10.2. The molecule has 1 N–H and O–H groups in total. The van der Waals surface area contributed by atoms with Gasteiger partial charge < -0.3 is 10.1 Å². The minimum Gasteiger partial charge on any atom is -0.489 e. The summed E-state index contributed by atoms with van der Waals surface area (Å²) in [7, 11) is -3.65. The number of rotatable bonds is 8. The van der Waals surface area contributed by atoms with Crippen LogP contribution in [-0.2, 0) is 14.8 Å². The SMILES string of the molecule is CC(C)Oc1ccccc1N(CCC(=O)Nc1ccccc1F)S(C)(=O)=O. The van der Waals surface area contributed by atoms with E-state index in [-0.39, 0.29) is 24.8 Å². The van der Waals surface area contributed by atoms with Gasteiger partial charge in [-0.15, -0.1) is 0 Å². The standard InChI is InChI=1S/C19H23FN2O4S/c1-14(2)26-18-11-7-6-10-17(18)22(27(3,24)25)13-12-19(23)21-16-9-5-4-8-15(16)20/h4-11,14H,12-13H2,1-3H3,(H,21,23). The van der Waals surface area contributed by atoms with E-state index in [1.54, 1.807) is 30.3 Å². The molecule has 6 nitrogen and oxygen atoms in total. The average Bonchev–Trinajstić information content (AvgIpc) is 2.57. The molecule has 2 rings (SSSR count). The second kappa shape index (κ2) is 8.85. The third-order valence-electron chi connectivity index (χ3n) is 3.59. The first-order valence-corrected chi connectivity index (χ1v) is 10.3. The van der Waals surface area contributed by atoms with E-state index in [9.17, 15) is 17.6 Å². The summed E-state index contributed by atoms with van der Waals surface area (Å²) in [4.78, 5) is 12.2. The van der Waals surface area contributed by atoms with Crippen molar-refractivity contribution in [3.8, 4) is 5.75 Å². The van der Waals surface area contributed by atoms with Crippen LogP contribution in [0.1, 0.15) is 20.3 Å². The molecule has 0 atom stereocenters. The molecule has 0 aromatic heterocycles. The molecule has 0 bridgehead atoms. The van der Waals surface area contributed by atoms with Gasteiger partial charge in [0.05, 0.1) is 23.7 Å². The zero-order chi connectivity index (χ0) is 20.0. The van der Waals surface area contributed by atoms with E-state index in [4.69, 9.17) is 4.74 Å². The highest BCUT2D eigenvalue weighted by Gasteiger charge is 2.22. The van der Waals surface area contributed by atoms with Crippen molar-refractivity contribution in [3.63, 3.8) is 0 Å². The van der Waals surface area contributed by atoms with Crippen LogP contribution < -0.4 is 14.4 Å². The zero-order valence-corrected chi connectivity index (χ0v) is 16.3. The van der Waals surface area contributed by atoms with Crippen LogP contribution in [0.5, 0.6) is 5.75 Å². The number of amides is 1. The molecule has 0 fully saturated rings. The van der Waals surface area contributed by atoms with E-state index < -0.39 is 21.7 Å². The molecule has 0 saturated heterocycles. The molecule has 0 spiro atoms. The van der Waals surface area contributed by atoms with Gasteiger partial charge in [-0.1, -0.05) is 24.3 Å². The Labute approximate surface area is 159 Å². The number of hydrogen-bond acceptors (Lipinski definition) is 4. The number of sulfonamides is 1.